The Labute approximate surface area is 155 Å². The second kappa shape index (κ2) is 9.13. The molecule has 0 atom stereocenters. The zero-order valence-corrected chi connectivity index (χ0v) is 16.1. The molecule has 0 bridgehead atoms. The molecule has 2 rings (SSSR count). The van der Waals surface area contributed by atoms with Crippen molar-refractivity contribution >= 4 is 11.6 Å². The number of rotatable bonds is 8. The van der Waals surface area contributed by atoms with Gasteiger partial charge in [-0.25, -0.2) is 0 Å². The fourth-order valence-corrected chi connectivity index (χ4v) is 2.49. The first-order chi connectivity index (χ1) is 12.4. The number of aryl methyl sites for hydroxylation is 1. The Morgan fingerprint density at radius 3 is 2.46 bits per heavy atom. The van der Waals surface area contributed by atoms with E-state index < -0.39 is 0 Å². The van der Waals surface area contributed by atoms with Gasteiger partial charge in [-0.2, -0.15) is 0 Å². The monoisotopic (exact) mass is 357 g/mol. The van der Waals surface area contributed by atoms with Gasteiger partial charge in [-0.05, 0) is 49.1 Å². The molecular weight excluding hydrogens is 330 g/mol. The third-order valence-corrected chi connectivity index (χ3v) is 3.98. The third kappa shape index (κ3) is 5.15. The standard InChI is InChI=1S/C21H27NO4/c1-6-25-18-10-9-17(12-20(18)24-5)22-21(23)13-26-19-11-16(14(2)3)8-7-15(19)4/h7-12,14H,6,13H2,1-5H3,(H,22,23). The number of methoxy groups -OCH3 is 1. The quantitative estimate of drug-likeness (QED) is 0.753. The van der Waals surface area contributed by atoms with E-state index in [1.54, 1.807) is 25.3 Å². The molecule has 0 aromatic heterocycles. The van der Waals surface area contributed by atoms with Crippen LogP contribution < -0.4 is 19.5 Å². The summed E-state index contributed by atoms with van der Waals surface area (Å²) in [5.74, 6) is 2.13. The van der Waals surface area contributed by atoms with Crippen LogP contribution in [0.3, 0.4) is 0 Å². The van der Waals surface area contributed by atoms with E-state index in [-0.39, 0.29) is 12.5 Å². The molecule has 1 amide bonds. The van der Waals surface area contributed by atoms with Crippen LogP contribution in [0, 0.1) is 6.92 Å². The maximum atomic E-state index is 12.2. The number of hydrogen-bond acceptors (Lipinski definition) is 4. The average molecular weight is 357 g/mol. The molecule has 0 fully saturated rings. The van der Waals surface area contributed by atoms with E-state index in [4.69, 9.17) is 14.2 Å². The molecule has 0 aliphatic rings. The van der Waals surface area contributed by atoms with Crippen LogP contribution in [0.4, 0.5) is 5.69 Å². The Bertz CT molecular complexity index is 756. The highest BCUT2D eigenvalue weighted by molar-refractivity contribution is 5.92. The number of amides is 1. The van der Waals surface area contributed by atoms with Crippen molar-refractivity contribution in [1.29, 1.82) is 0 Å². The summed E-state index contributed by atoms with van der Waals surface area (Å²) in [6.45, 7) is 8.61. The summed E-state index contributed by atoms with van der Waals surface area (Å²) in [6, 6.07) is 11.4. The first-order valence-corrected chi connectivity index (χ1v) is 8.78. The van der Waals surface area contributed by atoms with E-state index in [9.17, 15) is 4.79 Å². The van der Waals surface area contributed by atoms with Crippen LogP contribution in [0.1, 0.15) is 37.8 Å². The predicted molar refractivity (Wildman–Crippen MR) is 104 cm³/mol. The van der Waals surface area contributed by atoms with E-state index in [0.717, 1.165) is 11.3 Å². The van der Waals surface area contributed by atoms with Crippen LogP contribution in [0.15, 0.2) is 36.4 Å². The first-order valence-electron chi connectivity index (χ1n) is 8.78. The molecule has 2 aromatic carbocycles. The summed E-state index contributed by atoms with van der Waals surface area (Å²) in [4.78, 5) is 12.2. The highest BCUT2D eigenvalue weighted by Crippen LogP contribution is 2.30. The summed E-state index contributed by atoms with van der Waals surface area (Å²) in [6.07, 6.45) is 0. The Morgan fingerprint density at radius 2 is 1.81 bits per heavy atom. The summed E-state index contributed by atoms with van der Waals surface area (Å²) in [7, 11) is 1.57. The third-order valence-electron chi connectivity index (χ3n) is 3.98. The van der Waals surface area contributed by atoms with Gasteiger partial charge in [0.2, 0.25) is 0 Å². The van der Waals surface area contributed by atoms with Gasteiger partial charge in [0.15, 0.2) is 18.1 Å². The maximum Gasteiger partial charge on any atom is 0.262 e. The van der Waals surface area contributed by atoms with Gasteiger partial charge in [0.05, 0.1) is 13.7 Å². The molecule has 5 nitrogen and oxygen atoms in total. The van der Waals surface area contributed by atoms with Crippen molar-refractivity contribution in [2.45, 2.75) is 33.6 Å². The molecule has 0 aliphatic carbocycles. The van der Waals surface area contributed by atoms with Gasteiger partial charge in [-0.3, -0.25) is 4.79 Å². The fourth-order valence-electron chi connectivity index (χ4n) is 2.49. The van der Waals surface area contributed by atoms with Gasteiger partial charge in [0.25, 0.3) is 5.91 Å². The fraction of sp³-hybridized carbons (Fsp3) is 0.381. The number of benzene rings is 2. The van der Waals surface area contributed by atoms with Crippen LogP contribution in [0.25, 0.3) is 0 Å². The van der Waals surface area contributed by atoms with E-state index >= 15 is 0 Å². The van der Waals surface area contributed by atoms with Crippen molar-refractivity contribution in [3.8, 4) is 17.2 Å². The van der Waals surface area contributed by atoms with Crippen molar-refractivity contribution in [3.05, 3.63) is 47.5 Å². The van der Waals surface area contributed by atoms with Crippen LogP contribution in [0.5, 0.6) is 17.2 Å². The molecule has 0 spiro atoms. The van der Waals surface area contributed by atoms with Gasteiger partial charge < -0.3 is 19.5 Å². The van der Waals surface area contributed by atoms with Crippen LogP contribution in [-0.2, 0) is 4.79 Å². The number of nitrogens with one attached hydrogen (secondary N) is 1. The second-order valence-corrected chi connectivity index (χ2v) is 6.32. The molecule has 26 heavy (non-hydrogen) atoms. The lowest BCUT2D eigenvalue weighted by Crippen LogP contribution is -2.20. The van der Waals surface area contributed by atoms with E-state index in [1.807, 2.05) is 26.0 Å². The van der Waals surface area contributed by atoms with Gasteiger partial charge in [-0.1, -0.05) is 26.0 Å². The van der Waals surface area contributed by atoms with Crippen molar-refractivity contribution in [2.24, 2.45) is 0 Å². The van der Waals surface area contributed by atoms with Gasteiger partial charge in [0.1, 0.15) is 5.75 Å². The first kappa shape index (κ1) is 19.6. The van der Waals surface area contributed by atoms with Crippen LogP contribution in [0.2, 0.25) is 0 Å². The molecule has 2 aromatic rings. The van der Waals surface area contributed by atoms with Crippen molar-refractivity contribution < 1.29 is 19.0 Å². The summed E-state index contributed by atoms with van der Waals surface area (Å²) in [5, 5.41) is 2.81. The summed E-state index contributed by atoms with van der Waals surface area (Å²) in [5.41, 5.74) is 2.82. The highest BCUT2D eigenvalue weighted by Gasteiger charge is 2.10. The van der Waals surface area contributed by atoms with E-state index in [1.165, 1.54) is 5.56 Å². The van der Waals surface area contributed by atoms with E-state index in [0.29, 0.717) is 29.7 Å². The molecule has 0 radical (unpaired) electrons. The van der Waals surface area contributed by atoms with Gasteiger partial charge >= 0.3 is 0 Å². The lowest BCUT2D eigenvalue weighted by molar-refractivity contribution is -0.118. The lowest BCUT2D eigenvalue weighted by atomic mass is 10.0. The second-order valence-electron chi connectivity index (χ2n) is 6.32. The zero-order valence-electron chi connectivity index (χ0n) is 16.1. The molecule has 0 heterocycles. The summed E-state index contributed by atoms with van der Waals surface area (Å²) >= 11 is 0. The number of anilines is 1. The number of carbonyl (C=O) groups is 1. The zero-order chi connectivity index (χ0) is 19.1. The number of hydrogen-bond donors (Lipinski definition) is 1. The Hall–Kier alpha value is -2.69. The minimum atomic E-state index is -0.231. The normalized spacial score (nSPS) is 10.5. The Kier molecular flexibility index (Phi) is 6.89. The van der Waals surface area contributed by atoms with Gasteiger partial charge in [0, 0.05) is 11.8 Å². The topological polar surface area (TPSA) is 56.8 Å². The molecule has 0 saturated heterocycles. The van der Waals surface area contributed by atoms with Crippen molar-refractivity contribution in [1.82, 2.24) is 0 Å². The van der Waals surface area contributed by atoms with Crippen LogP contribution >= 0.6 is 0 Å². The largest absolute Gasteiger partial charge is 0.493 e. The Morgan fingerprint density at radius 1 is 1.04 bits per heavy atom. The molecule has 0 aliphatic heterocycles. The molecule has 0 unspecified atom stereocenters. The molecule has 140 valence electrons. The highest BCUT2D eigenvalue weighted by atomic mass is 16.5. The molecule has 5 heteroatoms. The minimum absolute atomic E-state index is 0.0576. The summed E-state index contributed by atoms with van der Waals surface area (Å²) < 4.78 is 16.5. The van der Waals surface area contributed by atoms with Crippen molar-refractivity contribution in [3.63, 3.8) is 0 Å². The van der Waals surface area contributed by atoms with E-state index in [2.05, 4.69) is 25.2 Å². The van der Waals surface area contributed by atoms with Crippen LogP contribution in [-0.4, -0.2) is 26.2 Å². The maximum absolute atomic E-state index is 12.2. The number of carbonyl (C=O) groups excluding carboxylic acids is 1. The molecular formula is C21H27NO4. The van der Waals surface area contributed by atoms with Crippen molar-refractivity contribution in [2.75, 3.05) is 25.6 Å². The molecule has 0 saturated carbocycles. The molecule has 1 N–H and O–H groups in total. The number of ether oxygens (including phenoxy) is 3. The van der Waals surface area contributed by atoms with Gasteiger partial charge in [-0.15, -0.1) is 0 Å². The average Bonchev–Trinajstić information content (AvgIpc) is 2.62. The minimum Gasteiger partial charge on any atom is -0.493 e. The predicted octanol–water partition coefficient (Wildman–Crippen LogP) is 4.54. The SMILES string of the molecule is CCOc1ccc(NC(=O)COc2cc(C(C)C)ccc2C)cc1OC. The lowest BCUT2D eigenvalue weighted by Gasteiger charge is -2.14. The smallest absolute Gasteiger partial charge is 0.262 e. The Balaban J connectivity index is 2.00.